The van der Waals surface area contributed by atoms with Crippen LogP contribution in [0.15, 0.2) is 65.7 Å². The summed E-state index contributed by atoms with van der Waals surface area (Å²) in [4.78, 5) is 23.8. The van der Waals surface area contributed by atoms with Crippen molar-refractivity contribution in [2.45, 2.75) is 13.1 Å². The van der Waals surface area contributed by atoms with Gasteiger partial charge in [-0.05, 0) is 34.0 Å². The van der Waals surface area contributed by atoms with Gasteiger partial charge in [0.05, 0.1) is 28.7 Å². The van der Waals surface area contributed by atoms with Crippen molar-refractivity contribution in [2.24, 2.45) is 0 Å². The highest BCUT2D eigenvalue weighted by atomic mass is 35.5. The SMILES string of the molecule is Nc1c(CN2CN(Cc3ccc4ccccc4c3)c3c2nc[nH]c3=O)ccc(Cl)c1Cl. The van der Waals surface area contributed by atoms with Gasteiger partial charge in [0.1, 0.15) is 5.69 Å². The average Bonchev–Trinajstić information content (AvgIpc) is 3.12. The van der Waals surface area contributed by atoms with E-state index in [1.54, 1.807) is 6.07 Å². The highest BCUT2D eigenvalue weighted by molar-refractivity contribution is 6.43. The number of rotatable bonds is 4. The molecule has 3 aromatic carbocycles. The van der Waals surface area contributed by atoms with Gasteiger partial charge in [-0.1, -0.05) is 65.7 Å². The normalized spacial score (nSPS) is 13.1. The highest BCUT2D eigenvalue weighted by Crippen LogP contribution is 2.36. The zero-order valence-corrected chi connectivity index (χ0v) is 18.0. The van der Waals surface area contributed by atoms with Crippen molar-refractivity contribution in [3.63, 3.8) is 0 Å². The summed E-state index contributed by atoms with van der Waals surface area (Å²) >= 11 is 12.3. The molecule has 0 saturated carbocycles. The lowest BCUT2D eigenvalue weighted by Crippen LogP contribution is -2.31. The quantitative estimate of drug-likeness (QED) is 0.435. The summed E-state index contributed by atoms with van der Waals surface area (Å²) in [5.41, 5.74) is 8.94. The Morgan fingerprint density at radius 1 is 1.00 bits per heavy atom. The van der Waals surface area contributed by atoms with Crippen molar-refractivity contribution in [2.75, 3.05) is 22.2 Å². The van der Waals surface area contributed by atoms with Gasteiger partial charge in [0.15, 0.2) is 5.82 Å². The van der Waals surface area contributed by atoms with E-state index in [0.717, 1.165) is 11.1 Å². The molecule has 1 aliphatic heterocycles. The van der Waals surface area contributed by atoms with Gasteiger partial charge < -0.3 is 20.5 Å². The van der Waals surface area contributed by atoms with Crippen LogP contribution in [0.2, 0.25) is 10.0 Å². The molecule has 2 heterocycles. The van der Waals surface area contributed by atoms with Crippen LogP contribution >= 0.6 is 23.2 Å². The third kappa shape index (κ3) is 3.58. The van der Waals surface area contributed by atoms with E-state index in [1.807, 2.05) is 28.0 Å². The van der Waals surface area contributed by atoms with E-state index in [1.165, 1.54) is 17.1 Å². The maximum atomic E-state index is 12.7. The first-order valence-corrected chi connectivity index (χ1v) is 10.5. The Labute approximate surface area is 188 Å². The molecule has 0 amide bonds. The van der Waals surface area contributed by atoms with Crippen LogP contribution in [0, 0.1) is 0 Å². The number of fused-ring (bicyclic) bond motifs is 2. The van der Waals surface area contributed by atoms with Gasteiger partial charge in [-0.15, -0.1) is 0 Å². The maximum Gasteiger partial charge on any atom is 0.276 e. The summed E-state index contributed by atoms with van der Waals surface area (Å²) in [6.45, 7) is 1.54. The predicted molar refractivity (Wildman–Crippen MR) is 127 cm³/mol. The van der Waals surface area contributed by atoms with Crippen molar-refractivity contribution in [3.8, 4) is 0 Å². The Kier molecular flexibility index (Phi) is 4.96. The molecule has 0 fully saturated rings. The lowest BCUT2D eigenvalue weighted by Gasteiger charge is -2.22. The average molecular weight is 452 g/mol. The minimum atomic E-state index is -0.171. The van der Waals surface area contributed by atoms with Gasteiger partial charge >= 0.3 is 0 Å². The molecule has 31 heavy (non-hydrogen) atoms. The number of anilines is 3. The zero-order chi connectivity index (χ0) is 21.5. The molecular formula is C23H19Cl2N5O. The van der Waals surface area contributed by atoms with Gasteiger partial charge in [0.25, 0.3) is 5.56 Å². The summed E-state index contributed by atoms with van der Waals surface area (Å²) < 4.78 is 0. The first-order valence-electron chi connectivity index (χ1n) is 9.79. The van der Waals surface area contributed by atoms with E-state index in [9.17, 15) is 4.79 Å². The van der Waals surface area contributed by atoms with E-state index in [4.69, 9.17) is 28.9 Å². The van der Waals surface area contributed by atoms with Crippen LogP contribution in [0.3, 0.4) is 0 Å². The fourth-order valence-corrected chi connectivity index (χ4v) is 4.35. The minimum Gasteiger partial charge on any atom is -0.397 e. The Morgan fingerprint density at radius 2 is 1.81 bits per heavy atom. The van der Waals surface area contributed by atoms with Crippen molar-refractivity contribution < 1.29 is 0 Å². The second kappa shape index (κ2) is 7.80. The fourth-order valence-electron chi connectivity index (χ4n) is 4.00. The van der Waals surface area contributed by atoms with Crippen LogP contribution in [-0.2, 0) is 13.1 Å². The second-order valence-electron chi connectivity index (χ2n) is 7.56. The number of benzene rings is 3. The van der Waals surface area contributed by atoms with Crippen molar-refractivity contribution in [1.82, 2.24) is 9.97 Å². The summed E-state index contributed by atoms with van der Waals surface area (Å²) in [7, 11) is 0. The van der Waals surface area contributed by atoms with Gasteiger partial charge in [-0.3, -0.25) is 4.79 Å². The topological polar surface area (TPSA) is 78.2 Å². The number of nitrogens with zero attached hydrogens (tertiary/aromatic N) is 3. The first kappa shape index (κ1) is 19.7. The Hall–Kier alpha value is -3.22. The molecule has 0 aliphatic carbocycles. The number of H-pyrrole nitrogens is 1. The number of halogens is 2. The Morgan fingerprint density at radius 3 is 2.65 bits per heavy atom. The number of nitrogen functional groups attached to an aromatic ring is 1. The van der Waals surface area contributed by atoms with Crippen LogP contribution in [0.5, 0.6) is 0 Å². The molecule has 4 aromatic rings. The number of hydrogen-bond acceptors (Lipinski definition) is 5. The third-order valence-electron chi connectivity index (χ3n) is 5.54. The number of nitrogens with one attached hydrogen (secondary N) is 1. The number of nitrogens with two attached hydrogens (primary N) is 1. The Bertz CT molecular complexity index is 1350. The van der Waals surface area contributed by atoms with Gasteiger partial charge in [0.2, 0.25) is 0 Å². The molecule has 1 aromatic heterocycles. The van der Waals surface area contributed by atoms with E-state index >= 15 is 0 Å². The number of hydrogen-bond donors (Lipinski definition) is 2. The van der Waals surface area contributed by atoms with Crippen LogP contribution in [0.25, 0.3) is 10.8 Å². The highest BCUT2D eigenvalue weighted by Gasteiger charge is 2.30. The maximum absolute atomic E-state index is 12.7. The van der Waals surface area contributed by atoms with Gasteiger partial charge in [0, 0.05) is 13.1 Å². The molecule has 0 spiro atoms. The summed E-state index contributed by atoms with van der Waals surface area (Å²) in [5.74, 6) is 0.620. The molecule has 1 aliphatic rings. The molecule has 3 N–H and O–H groups in total. The molecule has 5 rings (SSSR count). The minimum absolute atomic E-state index is 0.171. The largest absolute Gasteiger partial charge is 0.397 e. The smallest absolute Gasteiger partial charge is 0.276 e. The van der Waals surface area contributed by atoms with E-state index in [-0.39, 0.29) is 5.56 Å². The standard InChI is InChI=1S/C23H19Cl2N5O/c24-18-8-7-17(20(26)19(18)25)11-30-13-29(21-22(30)27-12-28-23(21)31)10-14-5-6-15-3-1-2-4-16(15)9-14/h1-9,12H,10-11,13,26H2,(H,27,28,31). The van der Waals surface area contributed by atoms with Crippen molar-refractivity contribution in [1.29, 1.82) is 0 Å². The Balaban J connectivity index is 1.47. The molecule has 0 atom stereocenters. The lowest BCUT2D eigenvalue weighted by molar-refractivity contribution is 0.759. The van der Waals surface area contributed by atoms with Crippen LogP contribution in [0.1, 0.15) is 11.1 Å². The molecule has 0 unspecified atom stereocenters. The van der Waals surface area contributed by atoms with Crippen molar-refractivity contribution in [3.05, 3.63) is 92.5 Å². The second-order valence-corrected chi connectivity index (χ2v) is 8.34. The van der Waals surface area contributed by atoms with Crippen LogP contribution in [-0.4, -0.2) is 16.6 Å². The lowest BCUT2D eigenvalue weighted by atomic mass is 10.1. The van der Waals surface area contributed by atoms with E-state index < -0.39 is 0 Å². The number of aromatic nitrogens is 2. The molecule has 6 nitrogen and oxygen atoms in total. The molecule has 0 saturated heterocycles. The van der Waals surface area contributed by atoms with E-state index in [0.29, 0.717) is 47.0 Å². The molecular weight excluding hydrogens is 433 g/mol. The number of aromatic amines is 1. The third-order valence-corrected chi connectivity index (χ3v) is 6.36. The predicted octanol–water partition coefficient (Wildman–Crippen LogP) is 4.80. The zero-order valence-electron chi connectivity index (χ0n) is 16.5. The van der Waals surface area contributed by atoms with Crippen LogP contribution < -0.4 is 21.1 Å². The van der Waals surface area contributed by atoms with E-state index in [2.05, 4.69) is 40.3 Å². The monoisotopic (exact) mass is 451 g/mol. The molecule has 156 valence electrons. The fraction of sp³-hybridized carbons (Fsp3) is 0.130. The molecule has 0 bridgehead atoms. The van der Waals surface area contributed by atoms with Crippen molar-refractivity contribution >= 4 is 51.2 Å². The summed E-state index contributed by atoms with van der Waals surface area (Å²) in [6, 6.07) is 18.1. The van der Waals surface area contributed by atoms with Gasteiger partial charge in [-0.2, -0.15) is 0 Å². The summed E-state index contributed by atoms with van der Waals surface area (Å²) in [5, 5.41) is 3.10. The van der Waals surface area contributed by atoms with Gasteiger partial charge in [-0.25, -0.2) is 4.98 Å². The summed E-state index contributed by atoms with van der Waals surface area (Å²) in [6.07, 6.45) is 1.42. The van der Waals surface area contributed by atoms with Crippen LogP contribution in [0.4, 0.5) is 17.2 Å². The first-order chi connectivity index (χ1) is 15.0. The molecule has 0 radical (unpaired) electrons. The molecule has 8 heteroatoms.